The maximum absolute atomic E-state index is 12.1. The number of para-hydroxylation sites is 1. The van der Waals surface area contributed by atoms with Crippen LogP contribution >= 0.6 is 0 Å². The number of esters is 1. The average Bonchev–Trinajstić information content (AvgIpc) is 2.55. The lowest BCUT2D eigenvalue weighted by Gasteiger charge is -2.09. The van der Waals surface area contributed by atoms with Crippen molar-refractivity contribution in [1.82, 2.24) is 4.72 Å². The largest absolute Gasteiger partial charge is 0.497 e. The van der Waals surface area contributed by atoms with Gasteiger partial charge in [0.25, 0.3) is 0 Å². The summed E-state index contributed by atoms with van der Waals surface area (Å²) in [5.74, 6) is 0.264. The first-order valence-corrected chi connectivity index (χ1v) is 8.31. The van der Waals surface area contributed by atoms with Gasteiger partial charge in [0, 0.05) is 0 Å². The molecule has 2 aromatic carbocycles. The van der Waals surface area contributed by atoms with E-state index in [4.69, 9.17) is 9.47 Å². The molecule has 0 spiro atoms. The van der Waals surface area contributed by atoms with E-state index in [1.807, 2.05) is 6.07 Å². The number of aryl methyl sites for hydroxylation is 1. The first-order chi connectivity index (χ1) is 10.9. The summed E-state index contributed by atoms with van der Waals surface area (Å²) in [5.41, 5.74) is 0.791. The van der Waals surface area contributed by atoms with Crippen LogP contribution in [0.2, 0.25) is 0 Å². The highest BCUT2D eigenvalue weighted by Crippen LogP contribution is 2.17. The van der Waals surface area contributed by atoms with Crippen molar-refractivity contribution >= 4 is 16.0 Å². The van der Waals surface area contributed by atoms with Crippen molar-refractivity contribution in [2.45, 2.75) is 11.8 Å². The van der Waals surface area contributed by atoms with E-state index < -0.39 is 22.5 Å². The third kappa shape index (κ3) is 4.54. The molecule has 2 aromatic rings. The van der Waals surface area contributed by atoms with E-state index in [9.17, 15) is 13.2 Å². The second-order valence-corrected chi connectivity index (χ2v) is 6.51. The first-order valence-electron chi connectivity index (χ1n) is 6.82. The minimum absolute atomic E-state index is 0.0435. The predicted molar refractivity (Wildman–Crippen MR) is 85.0 cm³/mol. The fourth-order valence-corrected chi connectivity index (χ4v) is 2.79. The lowest BCUT2D eigenvalue weighted by Crippen LogP contribution is -2.32. The van der Waals surface area contributed by atoms with E-state index in [-0.39, 0.29) is 4.90 Å². The summed E-state index contributed by atoms with van der Waals surface area (Å²) < 4.78 is 36.5. The van der Waals surface area contributed by atoms with E-state index in [0.29, 0.717) is 11.5 Å². The number of hydrogen-bond acceptors (Lipinski definition) is 5. The molecule has 0 atom stereocenters. The maximum Gasteiger partial charge on any atom is 0.326 e. The standard InChI is InChI=1S/C16H17NO5S/c1-12-5-3-4-6-15(12)22-16(18)11-17-23(19,20)14-9-7-13(21-2)8-10-14/h3-10,17H,11H2,1-2H3. The van der Waals surface area contributed by atoms with Gasteiger partial charge in [-0.3, -0.25) is 4.79 Å². The Balaban J connectivity index is 1.98. The van der Waals surface area contributed by atoms with E-state index in [2.05, 4.69) is 4.72 Å². The summed E-state index contributed by atoms with van der Waals surface area (Å²) in [4.78, 5) is 11.8. The number of hydrogen-bond donors (Lipinski definition) is 1. The van der Waals surface area contributed by atoms with Crippen LogP contribution in [0.1, 0.15) is 5.56 Å². The zero-order chi connectivity index (χ0) is 16.9. The van der Waals surface area contributed by atoms with Crippen LogP contribution in [0.4, 0.5) is 0 Å². The number of benzene rings is 2. The van der Waals surface area contributed by atoms with Gasteiger partial charge in [-0.05, 0) is 42.8 Å². The Morgan fingerprint density at radius 3 is 2.35 bits per heavy atom. The van der Waals surface area contributed by atoms with Gasteiger partial charge in [-0.1, -0.05) is 18.2 Å². The Morgan fingerprint density at radius 1 is 1.09 bits per heavy atom. The van der Waals surface area contributed by atoms with Crippen molar-refractivity contribution in [1.29, 1.82) is 0 Å². The Labute approximate surface area is 135 Å². The number of carbonyl (C=O) groups excluding carboxylic acids is 1. The van der Waals surface area contributed by atoms with Crippen molar-refractivity contribution in [3.63, 3.8) is 0 Å². The molecule has 0 aliphatic carbocycles. The first kappa shape index (κ1) is 17.0. The van der Waals surface area contributed by atoms with Gasteiger partial charge in [-0.25, -0.2) is 8.42 Å². The van der Waals surface area contributed by atoms with E-state index in [1.54, 1.807) is 25.1 Å². The predicted octanol–water partition coefficient (Wildman–Crippen LogP) is 1.89. The molecule has 0 saturated heterocycles. The normalized spacial score (nSPS) is 11.0. The number of carbonyl (C=O) groups is 1. The Morgan fingerprint density at radius 2 is 1.74 bits per heavy atom. The number of nitrogens with one attached hydrogen (secondary N) is 1. The van der Waals surface area contributed by atoms with Crippen LogP contribution < -0.4 is 14.2 Å². The maximum atomic E-state index is 12.1. The van der Waals surface area contributed by atoms with E-state index in [0.717, 1.165) is 5.56 Å². The smallest absolute Gasteiger partial charge is 0.326 e. The average molecular weight is 335 g/mol. The zero-order valence-corrected chi connectivity index (χ0v) is 13.6. The Kier molecular flexibility index (Phi) is 5.36. The molecule has 0 aliphatic heterocycles. The molecule has 0 amide bonds. The van der Waals surface area contributed by atoms with Gasteiger partial charge in [0.15, 0.2) is 0 Å². The molecular weight excluding hydrogens is 318 g/mol. The fraction of sp³-hybridized carbons (Fsp3) is 0.188. The SMILES string of the molecule is COc1ccc(S(=O)(=O)NCC(=O)Oc2ccccc2C)cc1. The molecule has 7 heteroatoms. The van der Waals surface area contributed by atoms with E-state index >= 15 is 0 Å². The third-order valence-corrected chi connectivity index (χ3v) is 4.51. The van der Waals surface area contributed by atoms with Gasteiger partial charge in [0.1, 0.15) is 18.0 Å². The molecule has 0 radical (unpaired) electrons. The summed E-state index contributed by atoms with van der Waals surface area (Å²) in [6.45, 7) is 1.34. The van der Waals surface area contributed by atoms with Crippen LogP contribution in [0.3, 0.4) is 0 Å². The molecule has 0 saturated carbocycles. The number of ether oxygens (including phenoxy) is 2. The fourth-order valence-electron chi connectivity index (χ4n) is 1.82. The highest BCUT2D eigenvalue weighted by atomic mass is 32.2. The minimum Gasteiger partial charge on any atom is -0.497 e. The second-order valence-electron chi connectivity index (χ2n) is 4.74. The van der Waals surface area contributed by atoms with Crippen molar-refractivity contribution in [2.24, 2.45) is 0 Å². The molecule has 6 nitrogen and oxygen atoms in total. The van der Waals surface area contributed by atoms with Gasteiger partial charge in [0.2, 0.25) is 10.0 Å². The monoisotopic (exact) mass is 335 g/mol. The third-order valence-electron chi connectivity index (χ3n) is 3.09. The van der Waals surface area contributed by atoms with Gasteiger partial charge < -0.3 is 9.47 Å². The van der Waals surface area contributed by atoms with Crippen molar-refractivity contribution < 1.29 is 22.7 Å². The molecule has 0 unspecified atom stereocenters. The van der Waals surface area contributed by atoms with Crippen LogP contribution in [-0.4, -0.2) is 28.0 Å². The molecule has 0 bridgehead atoms. The molecule has 0 fully saturated rings. The summed E-state index contributed by atoms with van der Waals surface area (Å²) in [5, 5.41) is 0. The van der Waals surface area contributed by atoms with Crippen LogP contribution in [-0.2, 0) is 14.8 Å². The molecule has 0 aliphatic rings. The molecule has 1 N–H and O–H groups in total. The number of methoxy groups -OCH3 is 1. The quantitative estimate of drug-likeness (QED) is 0.644. The lowest BCUT2D eigenvalue weighted by molar-refractivity contribution is -0.133. The zero-order valence-electron chi connectivity index (χ0n) is 12.8. The highest BCUT2D eigenvalue weighted by Gasteiger charge is 2.16. The molecule has 122 valence electrons. The Hall–Kier alpha value is -2.38. The molecule has 2 rings (SSSR count). The summed E-state index contributed by atoms with van der Waals surface area (Å²) in [7, 11) is -2.30. The van der Waals surface area contributed by atoms with Crippen LogP contribution in [0.15, 0.2) is 53.4 Å². The topological polar surface area (TPSA) is 81.7 Å². The molecular formula is C16H17NO5S. The van der Waals surface area contributed by atoms with E-state index in [1.165, 1.54) is 31.4 Å². The highest BCUT2D eigenvalue weighted by molar-refractivity contribution is 7.89. The van der Waals surface area contributed by atoms with Gasteiger partial charge in [0.05, 0.1) is 12.0 Å². The van der Waals surface area contributed by atoms with Crippen LogP contribution in [0, 0.1) is 6.92 Å². The van der Waals surface area contributed by atoms with Crippen LogP contribution in [0.5, 0.6) is 11.5 Å². The second kappa shape index (κ2) is 7.26. The minimum atomic E-state index is -3.79. The summed E-state index contributed by atoms with van der Waals surface area (Å²) >= 11 is 0. The van der Waals surface area contributed by atoms with Crippen molar-refractivity contribution in [2.75, 3.05) is 13.7 Å². The lowest BCUT2D eigenvalue weighted by atomic mass is 10.2. The Bertz CT molecular complexity index is 784. The number of rotatable bonds is 6. The van der Waals surface area contributed by atoms with Crippen LogP contribution in [0.25, 0.3) is 0 Å². The van der Waals surface area contributed by atoms with Gasteiger partial charge in [-0.2, -0.15) is 4.72 Å². The molecule has 0 heterocycles. The van der Waals surface area contributed by atoms with Crippen molar-refractivity contribution in [3.8, 4) is 11.5 Å². The number of sulfonamides is 1. The molecule has 0 aromatic heterocycles. The molecule has 23 heavy (non-hydrogen) atoms. The van der Waals surface area contributed by atoms with Gasteiger partial charge in [-0.15, -0.1) is 0 Å². The van der Waals surface area contributed by atoms with Crippen molar-refractivity contribution in [3.05, 3.63) is 54.1 Å². The summed E-state index contributed by atoms with van der Waals surface area (Å²) in [6, 6.07) is 12.8. The van der Waals surface area contributed by atoms with Gasteiger partial charge >= 0.3 is 5.97 Å². The summed E-state index contributed by atoms with van der Waals surface area (Å²) in [6.07, 6.45) is 0.